The Morgan fingerprint density at radius 1 is 1.02 bits per heavy atom. The van der Waals surface area contributed by atoms with Crippen molar-refractivity contribution in [2.75, 3.05) is 44.4 Å². The first kappa shape index (κ1) is 35.0. The number of fused-ring (bicyclic) bond motifs is 3. The molecule has 4 heterocycles. The number of rotatable bonds is 11. The van der Waals surface area contributed by atoms with E-state index in [1.54, 1.807) is 26.2 Å². The van der Waals surface area contributed by atoms with Gasteiger partial charge in [0.1, 0.15) is 22.9 Å². The number of hydrogen-bond acceptors (Lipinski definition) is 12. The zero-order valence-corrected chi connectivity index (χ0v) is 29.5. The lowest BCUT2D eigenvalue weighted by atomic mass is 9.97. The number of benzene rings is 1. The molecule has 52 heavy (non-hydrogen) atoms. The van der Waals surface area contributed by atoms with Crippen molar-refractivity contribution in [2.45, 2.75) is 56.6 Å². The Labute approximate surface area is 301 Å². The summed E-state index contributed by atoms with van der Waals surface area (Å²) in [7, 11) is 5.18. The molecule has 9 N–H and O–H groups in total. The molecule has 0 radical (unpaired) electrons. The third-order valence-electron chi connectivity index (χ3n) is 9.89. The predicted octanol–water partition coefficient (Wildman–Crippen LogP) is 0.826. The summed E-state index contributed by atoms with van der Waals surface area (Å²) in [6.07, 6.45) is 7.34. The van der Waals surface area contributed by atoms with Crippen LogP contribution < -0.4 is 32.3 Å². The molecule has 7 rings (SSSR count). The van der Waals surface area contributed by atoms with Crippen LogP contribution in [0, 0.1) is 5.92 Å². The van der Waals surface area contributed by atoms with Gasteiger partial charge in [0.25, 0.3) is 17.7 Å². The summed E-state index contributed by atoms with van der Waals surface area (Å²) in [5, 5.41) is 36.3. The van der Waals surface area contributed by atoms with Crippen LogP contribution in [-0.2, 0) is 22.0 Å². The molecule has 1 saturated heterocycles. The SMILES string of the molecule is CN(C)C(=O)c1cccc(C(O)(O)N2CCC(n3ncc4c3CN(C)c3c(NC(/C=C(\N)NC(=O)C5CC5)=C(/N)C(=O)NC5CC5)cccc3-4)C2)n1. The van der Waals surface area contributed by atoms with Gasteiger partial charge >= 0.3 is 0 Å². The first-order chi connectivity index (χ1) is 24.8. The summed E-state index contributed by atoms with van der Waals surface area (Å²) >= 11 is 0. The fraction of sp³-hybridized carbons (Fsp3) is 0.417. The van der Waals surface area contributed by atoms with Gasteiger partial charge < -0.3 is 47.4 Å². The summed E-state index contributed by atoms with van der Waals surface area (Å²) < 4.78 is 1.95. The zero-order valence-electron chi connectivity index (χ0n) is 29.5. The molecule has 2 aromatic heterocycles. The van der Waals surface area contributed by atoms with Crippen LogP contribution in [0.2, 0.25) is 0 Å². The van der Waals surface area contributed by atoms with E-state index in [0.29, 0.717) is 25.2 Å². The minimum atomic E-state index is -2.39. The molecule has 1 aromatic carbocycles. The van der Waals surface area contributed by atoms with Crippen LogP contribution in [0.4, 0.5) is 11.4 Å². The number of likely N-dealkylation sites (tertiary alicyclic amines) is 1. The number of hydrogen-bond donors (Lipinski definition) is 7. The number of carbonyl (C=O) groups is 3. The number of pyridine rings is 1. The van der Waals surface area contributed by atoms with E-state index < -0.39 is 11.8 Å². The Morgan fingerprint density at radius 3 is 2.48 bits per heavy atom. The number of nitrogens with zero attached hydrogens (tertiary/aromatic N) is 6. The Hall–Kier alpha value is -5.45. The molecule has 16 nitrogen and oxygen atoms in total. The monoisotopic (exact) mass is 711 g/mol. The third-order valence-corrected chi connectivity index (χ3v) is 9.89. The largest absolute Gasteiger partial charge is 0.393 e. The molecular formula is C36H45N11O5. The van der Waals surface area contributed by atoms with Gasteiger partial charge in [-0.25, -0.2) is 9.88 Å². The first-order valence-electron chi connectivity index (χ1n) is 17.5. The van der Waals surface area contributed by atoms with E-state index in [1.165, 1.54) is 21.9 Å². The van der Waals surface area contributed by atoms with Crippen molar-refractivity contribution in [1.29, 1.82) is 0 Å². The number of amides is 3. The second-order valence-electron chi connectivity index (χ2n) is 14.2. The average molecular weight is 712 g/mol. The molecule has 3 aromatic rings. The highest BCUT2D eigenvalue weighted by Gasteiger charge is 2.42. The van der Waals surface area contributed by atoms with E-state index in [1.807, 2.05) is 36.1 Å². The van der Waals surface area contributed by atoms with Gasteiger partial charge in [0.05, 0.1) is 41.5 Å². The van der Waals surface area contributed by atoms with Crippen LogP contribution in [0.15, 0.2) is 65.9 Å². The molecule has 2 aliphatic heterocycles. The maximum Gasteiger partial charge on any atom is 0.271 e. The Bertz CT molecular complexity index is 1980. The Kier molecular flexibility index (Phi) is 9.14. The maximum absolute atomic E-state index is 13.1. The fourth-order valence-electron chi connectivity index (χ4n) is 6.74. The molecule has 1 unspecified atom stereocenters. The van der Waals surface area contributed by atoms with Crippen LogP contribution in [0.1, 0.15) is 60.0 Å². The van der Waals surface area contributed by atoms with E-state index in [0.717, 1.165) is 48.2 Å². The van der Waals surface area contributed by atoms with E-state index in [-0.39, 0.29) is 65.0 Å². The highest BCUT2D eigenvalue weighted by molar-refractivity contribution is 5.96. The topological polar surface area (TPSA) is 220 Å². The van der Waals surface area contributed by atoms with Crippen molar-refractivity contribution in [1.82, 2.24) is 35.2 Å². The smallest absolute Gasteiger partial charge is 0.271 e. The van der Waals surface area contributed by atoms with Crippen molar-refractivity contribution in [3.05, 3.63) is 83.0 Å². The van der Waals surface area contributed by atoms with Gasteiger partial charge in [0.15, 0.2) is 0 Å². The minimum absolute atomic E-state index is 0.0296. The molecule has 3 amide bonds. The van der Waals surface area contributed by atoms with Crippen LogP contribution in [0.25, 0.3) is 11.1 Å². The first-order valence-corrected chi connectivity index (χ1v) is 17.5. The number of anilines is 2. The average Bonchev–Trinajstić information content (AvgIpc) is 4.04. The highest BCUT2D eigenvalue weighted by Crippen LogP contribution is 2.45. The number of nitrogens with two attached hydrogens (primary N) is 2. The molecule has 0 bridgehead atoms. The highest BCUT2D eigenvalue weighted by atomic mass is 16.5. The lowest BCUT2D eigenvalue weighted by Crippen LogP contribution is -2.46. The summed E-state index contributed by atoms with van der Waals surface area (Å²) in [4.78, 5) is 47.2. The van der Waals surface area contributed by atoms with E-state index in [4.69, 9.17) is 16.6 Å². The number of aromatic nitrogens is 3. The summed E-state index contributed by atoms with van der Waals surface area (Å²) in [6, 6.07) is 10.3. The molecule has 16 heteroatoms. The van der Waals surface area contributed by atoms with Crippen molar-refractivity contribution in [3.8, 4) is 11.1 Å². The lowest BCUT2D eigenvalue weighted by Gasteiger charge is -2.33. The van der Waals surface area contributed by atoms with Gasteiger partial charge in [-0.2, -0.15) is 5.10 Å². The van der Waals surface area contributed by atoms with Crippen LogP contribution in [0.5, 0.6) is 0 Å². The van der Waals surface area contributed by atoms with Gasteiger partial charge in [0, 0.05) is 63.4 Å². The molecular weight excluding hydrogens is 666 g/mol. The number of allylic oxidation sites excluding steroid dienone is 1. The van der Waals surface area contributed by atoms with Crippen molar-refractivity contribution in [2.24, 2.45) is 17.4 Å². The van der Waals surface area contributed by atoms with E-state index in [9.17, 15) is 24.6 Å². The standard InChI is InChI=1S/C36H45N11O5/c1-44(2)35(50)26-8-5-9-29(42-26)36(51,52)46-15-14-22(18-46)47-28-19-45(3)32-23(24(28)17-39-47)6-4-7-25(32)41-27(31(38)34(49)40-21-12-13-21)16-30(37)43-33(48)20-10-11-20/h4-9,16-17,20-22,41,51-52H,10-15,18-19,37-38H2,1-3H3,(H,40,49)(H,43,48)/b30-16+,31-27+. The number of para-hydroxylation sites is 1. The van der Waals surface area contributed by atoms with Gasteiger partial charge in [-0.15, -0.1) is 0 Å². The predicted molar refractivity (Wildman–Crippen MR) is 193 cm³/mol. The fourth-order valence-corrected chi connectivity index (χ4v) is 6.74. The summed E-state index contributed by atoms with van der Waals surface area (Å²) in [5.74, 6) is -3.29. The maximum atomic E-state index is 13.1. The summed E-state index contributed by atoms with van der Waals surface area (Å²) in [6.45, 7) is 1.14. The van der Waals surface area contributed by atoms with Crippen LogP contribution >= 0.6 is 0 Å². The van der Waals surface area contributed by atoms with Gasteiger partial charge in [-0.05, 0) is 50.3 Å². The summed E-state index contributed by atoms with van der Waals surface area (Å²) in [5.41, 5.74) is 17.2. The number of carbonyl (C=O) groups excluding carboxylic acids is 3. The molecule has 2 saturated carbocycles. The quantitative estimate of drug-likeness (QED) is 0.0836. The van der Waals surface area contributed by atoms with Crippen molar-refractivity contribution >= 4 is 29.1 Å². The minimum Gasteiger partial charge on any atom is -0.393 e. The molecule has 1 atom stereocenters. The second kappa shape index (κ2) is 13.6. The number of nitrogens with one attached hydrogen (secondary N) is 3. The van der Waals surface area contributed by atoms with Crippen molar-refractivity contribution < 1.29 is 24.6 Å². The van der Waals surface area contributed by atoms with E-state index >= 15 is 0 Å². The Morgan fingerprint density at radius 2 is 1.77 bits per heavy atom. The van der Waals surface area contributed by atoms with Crippen LogP contribution in [-0.4, -0.2) is 92.8 Å². The molecule has 0 spiro atoms. The van der Waals surface area contributed by atoms with Gasteiger partial charge in [-0.1, -0.05) is 18.2 Å². The number of aliphatic hydroxyl groups is 2. The molecule has 2 aliphatic carbocycles. The molecule has 3 fully saturated rings. The van der Waals surface area contributed by atoms with Gasteiger partial charge in [0.2, 0.25) is 5.91 Å². The normalized spacial score (nSPS) is 19.4. The lowest BCUT2D eigenvalue weighted by molar-refractivity contribution is -0.272. The van der Waals surface area contributed by atoms with Crippen molar-refractivity contribution in [3.63, 3.8) is 0 Å². The second-order valence-corrected chi connectivity index (χ2v) is 14.2. The van der Waals surface area contributed by atoms with Gasteiger partial charge in [-0.3, -0.25) is 19.1 Å². The van der Waals surface area contributed by atoms with Crippen LogP contribution in [0.3, 0.4) is 0 Å². The zero-order chi connectivity index (χ0) is 36.9. The Balaban J connectivity index is 1.14. The third kappa shape index (κ3) is 6.91. The molecule has 4 aliphatic rings. The van der Waals surface area contributed by atoms with E-state index in [2.05, 4.69) is 25.8 Å². The molecule has 274 valence electrons.